The highest BCUT2D eigenvalue weighted by Crippen LogP contribution is 2.61. The molecule has 410 valence electrons. The molecular formula is C45H72N7O17P3S. The van der Waals surface area contributed by atoms with Crippen LogP contribution in [0, 0.1) is 5.41 Å². The van der Waals surface area contributed by atoms with E-state index in [-0.39, 0.29) is 41.6 Å². The summed E-state index contributed by atoms with van der Waals surface area (Å²) in [5.74, 6) is -1.06. The monoisotopic (exact) mass is 1110 g/mol. The van der Waals surface area contributed by atoms with Gasteiger partial charge in [-0.3, -0.25) is 32.5 Å². The van der Waals surface area contributed by atoms with Crippen molar-refractivity contribution in [2.24, 2.45) is 5.41 Å². The molecule has 1 fully saturated rings. The van der Waals surface area contributed by atoms with Gasteiger partial charge >= 0.3 is 23.5 Å². The van der Waals surface area contributed by atoms with Crippen molar-refractivity contribution in [2.45, 2.75) is 135 Å². The Morgan fingerprint density at radius 1 is 0.836 bits per heavy atom. The highest BCUT2D eigenvalue weighted by molar-refractivity contribution is 8.13. The molecule has 3 rings (SSSR count). The molecule has 0 radical (unpaired) electrons. The number of thioether (sulfide) groups is 1. The highest BCUT2D eigenvalue weighted by Gasteiger charge is 2.50. The molecule has 2 aromatic rings. The molecule has 0 saturated carbocycles. The molecule has 7 atom stereocenters. The number of carbonyl (C=O) groups is 3. The van der Waals surface area contributed by atoms with E-state index in [1.807, 2.05) is 0 Å². The van der Waals surface area contributed by atoms with E-state index in [1.54, 1.807) is 0 Å². The van der Waals surface area contributed by atoms with E-state index in [2.05, 4.69) is 102 Å². The number of carbonyl (C=O) groups excluding carboxylic acids is 3. The maximum atomic E-state index is 12.8. The molecule has 1 aliphatic heterocycles. The van der Waals surface area contributed by atoms with Crippen molar-refractivity contribution in [2.75, 3.05) is 37.8 Å². The Morgan fingerprint density at radius 2 is 1.44 bits per heavy atom. The van der Waals surface area contributed by atoms with Crippen LogP contribution in [0.5, 0.6) is 0 Å². The van der Waals surface area contributed by atoms with Gasteiger partial charge in [-0.05, 0) is 51.4 Å². The van der Waals surface area contributed by atoms with E-state index in [0.717, 1.165) is 99.6 Å². The van der Waals surface area contributed by atoms with Gasteiger partial charge in [0.25, 0.3) is 0 Å². The number of nitrogens with zero attached hydrogens (tertiary/aromatic N) is 4. The molecule has 2 aromatic heterocycles. The minimum absolute atomic E-state index is 0.0311. The Hall–Kier alpha value is -3.74. The van der Waals surface area contributed by atoms with E-state index in [4.69, 9.17) is 19.5 Å². The number of imidazole rings is 1. The maximum Gasteiger partial charge on any atom is 0.481 e. The molecule has 73 heavy (non-hydrogen) atoms. The zero-order valence-electron chi connectivity index (χ0n) is 41.3. The molecule has 1 aliphatic rings. The van der Waals surface area contributed by atoms with Gasteiger partial charge in [-0.15, -0.1) is 0 Å². The molecule has 3 heterocycles. The fourth-order valence-electron chi connectivity index (χ4n) is 6.80. The number of hydrogen-bond donors (Lipinski definition) is 9. The van der Waals surface area contributed by atoms with E-state index in [0.29, 0.717) is 12.2 Å². The third kappa shape index (κ3) is 25.1. The maximum absolute atomic E-state index is 12.8. The quantitative estimate of drug-likeness (QED) is 0.0210. The van der Waals surface area contributed by atoms with Gasteiger partial charge in [-0.2, -0.15) is 4.31 Å². The van der Waals surface area contributed by atoms with Gasteiger partial charge in [0, 0.05) is 37.1 Å². The molecule has 2 amide bonds. The second-order valence-corrected chi connectivity index (χ2v) is 22.7. The Labute approximate surface area is 429 Å². The molecule has 0 spiro atoms. The molecule has 10 N–H and O–H groups in total. The number of anilines is 1. The third-order valence-corrected chi connectivity index (χ3v) is 14.7. The number of nitrogens with one attached hydrogen (secondary N) is 2. The first-order valence-corrected chi connectivity index (χ1v) is 29.4. The molecule has 28 heteroatoms. The first kappa shape index (κ1) is 63.6. The van der Waals surface area contributed by atoms with Crippen LogP contribution in [0.1, 0.15) is 110 Å². The first-order valence-electron chi connectivity index (χ1n) is 23.9. The zero-order valence-corrected chi connectivity index (χ0v) is 44.8. The summed E-state index contributed by atoms with van der Waals surface area (Å²) in [4.78, 5) is 88.5. The van der Waals surface area contributed by atoms with Crippen molar-refractivity contribution in [3.8, 4) is 0 Å². The van der Waals surface area contributed by atoms with Crippen molar-refractivity contribution >= 4 is 69.1 Å². The lowest BCUT2D eigenvalue weighted by Gasteiger charge is -2.30. The fourth-order valence-corrected chi connectivity index (χ4v) is 10.3. The number of aliphatic hydroxyl groups excluding tert-OH is 2. The molecule has 24 nitrogen and oxygen atoms in total. The number of aromatic nitrogens is 4. The van der Waals surface area contributed by atoms with Crippen molar-refractivity contribution in [3.05, 3.63) is 73.4 Å². The predicted molar refractivity (Wildman–Crippen MR) is 274 cm³/mol. The number of unbranched alkanes of at least 4 members (excludes halogenated alkanes) is 5. The molecule has 1 saturated heterocycles. The van der Waals surface area contributed by atoms with Crippen molar-refractivity contribution in [1.82, 2.24) is 30.2 Å². The number of allylic oxidation sites excluding steroid dienone is 10. The third-order valence-electron chi connectivity index (χ3n) is 10.7. The van der Waals surface area contributed by atoms with Crippen LogP contribution in [0.4, 0.5) is 5.82 Å². The lowest BCUT2D eigenvalue weighted by molar-refractivity contribution is -0.137. The van der Waals surface area contributed by atoms with E-state index < -0.39 is 84.6 Å². The van der Waals surface area contributed by atoms with Crippen LogP contribution in [-0.4, -0.2) is 123 Å². The number of aliphatic hydroxyl groups is 2. The number of nitrogens with two attached hydrogens (primary N) is 1. The average molecular weight is 1110 g/mol. The van der Waals surface area contributed by atoms with Crippen molar-refractivity contribution in [1.29, 1.82) is 0 Å². The van der Waals surface area contributed by atoms with Gasteiger partial charge in [0.1, 0.15) is 36.3 Å². The zero-order chi connectivity index (χ0) is 53.9. The molecule has 2 unspecified atom stereocenters. The molecule has 0 aliphatic carbocycles. The van der Waals surface area contributed by atoms with Gasteiger partial charge in [0.15, 0.2) is 22.8 Å². The molecule has 0 bridgehead atoms. The summed E-state index contributed by atoms with van der Waals surface area (Å²) in [5, 5.41) is 26.7. The lowest BCUT2D eigenvalue weighted by Crippen LogP contribution is -2.46. The number of ether oxygens (including phenoxy) is 1. The largest absolute Gasteiger partial charge is 0.481 e. The smallest absolute Gasteiger partial charge is 0.386 e. The molecular weight excluding hydrogens is 1040 g/mol. The fraction of sp³-hybridized carbons (Fsp3) is 0.600. The summed E-state index contributed by atoms with van der Waals surface area (Å²) in [6.07, 6.45) is 26.4. The van der Waals surface area contributed by atoms with Crippen LogP contribution < -0.4 is 16.4 Å². The lowest BCUT2D eigenvalue weighted by atomic mass is 9.87. The number of phosphoric ester groups is 3. The second-order valence-electron chi connectivity index (χ2n) is 17.3. The van der Waals surface area contributed by atoms with Crippen LogP contribution in [-0.2, 0) is 50.7 Å². The van der Waals surface area contributed by atoms with Gasteiger partial charge in [-0.1, -0.05) is 113 Å². The summed E-state index contributed by atoms with van der Waals surface area (Å²) >= 11 is 1.14. The summed E-state index contributed by atoms with van der Waals surface area (Å²) in [7, 11) is -16.4. The normalized spacial score (nSPS) is 20.0. The van der Waals surface area contributed by atoms with E-state index in [9.17, 15) is 57.9 Å². The SMILES string of the molecule is CC/C=C\C/C=C\C/C=C\C/C=C\C/C=C\CCCCCCCC(=O)SCCNC(=O)CCNC(=O)[C@H](O)C(C)(C)COP(=O)(O)OP(=O)(O)OC[C@H]1O[C@@H](n2cnc3c(N)ncnc32)[C@H](O)[C@@H]1OP(=O)(O)O. The second kappa shape index (κ2) is 32.6. The number of phosphoric acid groups is 3. The van der Waals surface area contributed by atoms with Crippen LogP contribution in [0.15, 0.2) is 73.4 Å². The van der Waals surface area contributed by atoms with Crippen LogP contribution >= 0.6 is 35.2 Å². The average Bonchev–Trinajstić information content (AvgIpc) is 3.88. The molecule has 0 aromatic carbocycles. The van der Waals surface area contributed by atoms with Crippen molar-refractivity contribution < 1.29 is 80.5 Å². The van der Waals surface area contributed by atoms with Gasteiger partial charge in [0.2, 0.25) is 11.8 Å². The van der Waals surface area contributed by atoms with Gasteiger partial charge in [0.05, 0.1) is 19.5 Å². The number of hydrogen-bond acceptors (Lipinski definition) is 18. The standard InChI is InChI=1S/C45H72N7O17P3S/c1-4-5-6-7-8-9-10-11-12-13-14-15-16-17-18-19-20-21-22-23-24-25-36(54)73-29-28-47-35(53)26-27-48-43(57)40(56)45(2,3)31-66-72(63,64)69-71(61,62)65-30-34-39(68-70(58,59)60)38(55)44(67-34)52-33-51-37-41(46)49-32-50-42(37)52/h5-6,8-9,11-12,14-15,17-18,32-34,38-40,44,55-56H,4,7,10,13,16,19-31H2,1-3H3,(H,47,53)(H,48,57)(H,61,62)(H,63,64)(H2,46,49,50)(H2,58,59,60)/b6-5-,9-8-,12-11-,15-14-,18-17-/t34-,38-,39-,40+,44-/m1/s1. The number of amides is 2. The van der Waals surface area contributed by atoms with E-state index in [1.165, 1.54) is 13.8 Å². The van der Waals surface area contributed by atoms with Crippen molar-refractivity contribution in [3.63, 3.8) is 0 Å². The number of nitrogen functional groups attached to an aromatic ring is 1. The predicted octanol–water partition coefficient (Wildman–Crippen LogP) is 6.15. The van der Waals surface area contributed by atoms with E-state index >= 15 is 0 Å². The topological polar surface area (TPSA) is 364 Å². The Kier molecular flexibility index (Phi) is 28.4. The first-order chi connectivity index (χ1) is 34.6. The minimum Gasteiger partial charge on any atom is -0.386 e. The van der Waals surface area contributed by atoms with Gasteiger partial charge < -0.3 is 50.9 Å². The van der Waals surface area contributed by atoms with Crippen LogP contribution in [0.25, 0.3) is 11.2 Å². The number of rotatable bonds is 36. The Morgan fingerprint density at radius 3 is 2.08 bits per heavy atom. The summed E-state index contributed by atoms with van der Waals surface area (Å²) < 4.78 is 62.5. The Balaban J connectivity index is 1.25. The number of fused-ring (bicyclic) bond motifs is 1. The van der Waals surface area contributed by atoms with Gasteiger partial charge in [-0.25, -0.2) is 28.6 Å². The summed E-state index contributed by atoms with van der Waals surface area (Å²) in [6.45, 7) is 2.67. The van der Waals surface area contributed by atoms with Crippen LogP contribution in [0.3, 0.4) is 0 Å². The Bertz CT molecular complexity index is 2340. The summed E-state index contributed by atoms with van der Waals surface area (Å²) in [6, 6.07) is 0. The summed E-state index contributed by atoms with van der Waals surface area (Å²) in [5.41, 5.74) is 4.28. The van der Waals surface area contributed by atoms with Crippen LogP contribution in [0.2, 0.25) is 0 Å². The highest BCUT2D eigenvalue weighted by atomic mass is 32.2. The minimum atomic E-state index is -5.58.